The summed E-state index contributed by atoms with van der Waals surface area (Å²) in [5.41, 5.74) is 0. The number of thiophene rings is 1. The minimum absolute atomic E-state index is 0.286. The molecule has 1 unspecified atom stereocenters. The van der Waals surface area contributed by atoms with Crippen LogP contribution in [0.5, 0.6) is 0 Å². The normalized spacial score (nSPS) is 21.4. The fourth-order valence-corrected chi connectivity index (χ4v) is 3.05. The van der Waals surface area contributed by atoms with Crippen molar-refractivity contribution in [2.24, 2.45) is 5.92 Å². The van der Waals surface area contributed by atoms with Crippen LogP contribution >= 0.6 is 27.3 Å². The summed E-state index contributed by atoms with van der Waals surface area (Å²) in [4.78, 5) is 12.7. The molecular weight excluding hydrogens is 262 g/mol. The third-order valence-corrected chi connectivity index (χ3v) is 4.15. The number of carbonyl (C=O) groups excluding carboxylic acids is 1. The lowest BCUT2D eigenvalue weighted by molar-refractivity contribution is 0.0968. The Bertz CT molecular complexity index is 331. The number of hydrogen-bond acceptors (Lipinski definition) is 3. The number of ketones is 1. The summed E-state index contributed by atoms with van der Waals surface area (Å²) < 4.78 is 1.03. The quantitative estimate of drug-likeness (QED) is 0.859. The highest BCUT2D eigenvalue weighted by atomic mass is 79.9. The minimum atomic E-state index is 0.286. The second-order valence-corrected chi connectivity index (χ2v) is 6.05. The summed E-state index contributed by atoms with van der Waals surface area (Å²) >= 11 is 4.89. The van der Waals surface area contributed by atoms with Gasteiger partial charge in [0.1, 0.15) is 0 Å². The smallest absolute Gasteiger partial charge is 0.173 e. The van der Waals surface area contributed by atoms with E-state index >= 15 is 0 Å². The molecule has 1 aliphatic rings. The van der Waals surface area contributed by atoms with E-state index in [9.17, 15) is 4.79 Å². The standard InChI is InChI=1S/C10H12BrNOS/c11-10-2-1-9(14-10)8(13)5-7-3-4-12-6-7/h1-2,7,12H,3-6H2. The Balaban J connectivity index is 1.95. The number of nitrogens with one attached hydrogen (secondary N) is 1. The number of rotatable bonds is 3. The van der Waals surface area contributed by atoms with Crippen LogP contribution in [-0.4, -0.2) is 18.9 Å². The van der Waals surface area contributed by atoms with Crippen molar-refractivity contribution >= 4 is 33.0 Å². The van der Waals surface area contributed by atoms with E-state index in [1.165, 1.54) is 11.3 Å². The third kappa shape index (κ3) is 2.43. The van der Waals surface area contributed by atoms with Crippen molar-refractivity contribution < 1.29 is 4.79 Å². The lowest BCUT2D eigenvalue weighted by Crippen LogP contribution is -2.12. The largest absolute Gasteiger partial charge is 0.316 e. The molecule has 4 heteroatoms. The fraction of sp³-hybridized carbons (Fsp3) is 0.500. The van der Waals surface area contributed by atoms with Gasteiger partial charge in [-0.25, -0.2) is 0 Å². The second-order valence-electron chi connectivity index (χ2n) is 3.59. The molecule has 14 heavy (non-hydrogen) atoms. The van der Waals surface area contributed by atoms with Crippen LogP contribution in [0.15, 0.2) is 15.9 Å². The van der Waals surface area contributed by atoms with E-state index < -0.39 is 0 Å². The number of halogens is 1. The first-order valence-corrected chi connectivity index (χ1v) is 6.36. The zero-order valence-corrected chi connectivity index (χ0v) is 10.2. The third-order valence-electron chi connectivity index (χ3n) is 2.48. The van der Waals surface area contributed by atoms with Crippen LogP contribution in [-0.2, 0) is 0 Å². The zero-order valence-electron chi connectivity index (χ0n) is 7.75. The van der Waals surface area contributed by atoms with Gasteiger partial charge in [0.2, 0.25) is 0 Å². The number of Topliss-reactive ketones (excluding diaryl/α,β-unsaturated/α-hetero) is 1. The van der Waals surface area contributed by atoms with Gasteiger partial charge in [0.05, 0.1) is 8.66 Å². The SMILES string of the molecule is O=C(CC1CCNC1)c1ccc(Br)s1. The molecular formula is C10H12BrNOS. The van der Waals surface area contributed by atoms with Crippen LogP contribution < -0.4 is 5.32 Å². The minimum Gasteiger partial charge on any atom is -0.316 e. The Hall–Kier alpha value is -0.190. The molecule has 1 atom stereocenters. The second kappa shape index (κ2) is 4.55. The average molecular weight is 274 g/mol. The van der Waals surface area contributed by atoms with E-state index in [1.807, 2.05) is 12.1 Å². The van der Waals surface area contributed by atoms with Crippen molar-refractivity contribution in [1.82, 2.24) is 5.32 Å². The van der Waals surface area contributed by atoms with Crippen molar-refractivity contribution in [3.8, 4) is 0 Å². The molecule has 0 spiro atoms. The van der Waals surface area contributed by atoms with Crippen molar-refractivity contribution in [3.05, 3.63) is 20.8 Å². The monoisotopic (exact) mass is 273 g/mol. The van der Waals surface area contributed by atoms with E-state index in [4.69, 9.17) is 0 Å². The predicted molar refractivity (Wildman–Crippen MR) is 61.9 cm³/mol. The van der Waals surface area contributed by atoms with Gasteiger partial charge in [0, 0.05) is 6.42 Å². The molecule has 1 aromatic rings. The molecule has 0 aliphatic carbocycles. The molecule has 0 bridgehead atoms. The molecule has 0 saturated carbocycles. The molecule has 1 aliphatic heterocycles. The molecule has 76 valence electrons. The van der Waals surface area contributed by atoms with Gasteiger partial charge in [0.15, 0.2) is 5.78 Å². The lowest BCUT2D eigenvalue weighted by Gasteiger charge is -2.04. The van der Waals surface area contributed by atoms with Crippen LogP contribution in [0.4, 0.5) is 0 Å². The van der Waals surface area contributed by atoms with Gasteiger partial charge in [-0.1, -0.05) is 0 Å². The summed E-state index contributed by atoms with van der Waals surface area (Å²) in [6.07, 6.45) is 1.83. The Kier molecular flexibility index (Phi) is 3.36. The van der Waals surface area contributed by atoms with Gasteiger partial charge in [-0.05, 0) is 53.5 Å². The van der Waals surface area contributed by atoms with Gasteiger partial charge < -0.3 is 5.32 Å². The van der Waals surface area contributed by atoms with E-state index in [1.54, 1.807) is 0 Å². The maximum absolute atomic E-state index is 11.8. The maximum atomic E-state index is 11.8. The van der Waals surface area contributed by atoms with Crippen molar-refractivity contribution in [2.75, 3.05) is 13.1 Å². The molecule has 2 heterocycles. The Morgan fingerprint density at radius 1 is 1.64 bits per heavy atom. The van der Waals surface area contributed by atoms with Gasteiger partial charge in [0.25, 0.3) is 0 Å². The van der Waals surface area contributed by atoms with Crippen LogP contribution in [0, 0.1) is 5.92 Å². The topological polar surface area (TPSA) is 29.1 Å². The molecule has 1 saturated heterocycles. The fourth-order valence-electron chi connectivity index (χ4n) is 1.72. The first-order valence-electron chi connectivity index (χ1n) is 4.75. The van der Waals surface area contributed by atoms with E-state index in [2.05, 4.69) is 21.2 Å². The molecule has 2 nitrogen and oxygen atoms in total. The first-order chi connectivity index (χ1) is 6.75. The van der Waals surface area contributed by atoms with E-state index in [0.29, 0.717) is 12.3 Å². The molecule has 0 aromatic carbocycles. The van der Waals surface area contributed by atoms with Crippen molar-refractivity contribution in [1.29, 1.82) is 0 Å². The molecule has 0 amide bonds. The van der Waals surface area contributed by atoms with Crippen molar-refractivity contribution in [3.63, 3.8) is 0 Å². The summed E-state index contributed by atoms with van der Waals surface area (Å²) in [5.74, 6) is 0.831. The summed E-state index contributed by atoms with van der Waals surface area (Å²) in [7, 11) is 0. The average Bonchev–Trinajstić information content (AvgIpc) is 2.75. The van der Waals surface area contributed by atoms with Gasteiger partial charge in [-0.3, -0.25) is 4.79 Å². The summed E-state index contributed by atoms with van der Waals surface area (Å²) in [5, 5.41) is 3.28. The highest BCUT2D eigenvalue weighted by Gasteiger charge is 2.19. The van der Waals surface area contributed by atoms with Crippen LogP contribution in [0.3, 0.4) is 0 Å². The molecule has 1 N–H and O–H groups in total. The maximum Gasteiger partial charge on any atom is 0.173 e. The zero-order chi connectivity index (χ0) is 9.97. The van der Waals surface area contributed by atoms with Gasteiger partial charge in [-0.15, -0.1) is 11.3 Å². The molecule has 2 rings (SSSR count). The highest BCUT2D eigenvalue weighted by Crippen LogP contribution is 2.25. The van der Waals surface area contributed by atoms with Crippen molar-refractivity contribution in [2.45, 2.75) is 12.8 Å². The van der Waals surface area contributed by atoms with Crippen LogP contribution in [0.1, 0.15) is 22.5 Å². The molecule has 1 fully saturated rings. The van der Waals surface area contributed by atoms with Crippen LogP contribution in [0.25, 0.3) is 0 Å². The Morgan fingerprint density at radius 2 is 2.50 bits per heavy atom. The summed E-state index contributed by atoms with van der Waals surface area (Å²) in [6.45, 7) is 2.06. The van der Waals surface area contributed by atoms with E-state index in [-0.39, 0.29) is 5.78 Å². The van der Waals surface area contributed by atoms with E-state index in [0.717, 1.165) is 28.2 Å². The van der Waals surface area contributed by atoms with Crippen LogP contribution in [0.2, 0.25) is 0 Å². The number of carbonyl (C=O) groups is 1. The summed E-state index contributed by atoms with van der Waals surface area (Å²) in [6, 6.07) is 3.84. The predicted octanol–water partition coefficient (Wildman–Crippen LogP) is 2.69. The molecule has 1 aromatic heterocycles. The lowest BCUT2D eigenvalue weighted by atomic mass is 10.0. The van der Waals surface area contributed by atoms with Gasteiger partial charge in [-0.2, -0.15) is 0 Å². The molecule has 0 radical (unpaired) electrons. The highest BCUT2D eigenvalue weighted by molar-refractivity contribution is 9.11. The Morgan fingerprint density at radius 3 is 3.07 bits per heavy atom. The number of hydrogen-bond donors (Lipinski definition) is 1. The Labute approximate surface area is 95.8 Å². The first kappa shape index (κ1) is 10.3. The van der Waals surface area contributed by atoms with Gasteiger partial charge >= 0.3 is 0 Å².